The molecule has 0 aliphatic rings. The second kappa shape index (κ2) is 5.72. The lowest BCUT2D eigenvalue weighted by molar-refractivity contribution is 0.562. The van der Waals surface area contributed by atoms with Gasteiger partial charge in [-0.15, -0.1) is 0 Å². The van der Waals surface area contributed by atoms with Crippen molar-refractivity contribution in [1.82, 2.24) is 15.0 Å². The zero-order chi connectivity index (χ0) is 9.52. The number of nitrogens with two attached hydrogens (primary N) is 1. The highest BCUT2D eigenvalue weighted by Crippen LogP contribution is 2.02. The second-order valence-electron chi connectivity index (χ2n) is 3.12. The van der Waals surface area contributed by atoms with Crippen LogP contribution < -0.4 is 11.3 Å². The highest BCUT2D eigenvalue weighted by Gasteiger charge is 1.99. The van der Waals surface area contributed by atoms with Crippen molar-refractivity contribution in [1.29, 1.82) is 0 Å². The van der Waals surface area contributed by atoms with Crippen LogP contribution in [0.5, 0.6) is 0 Å². The zero-order valence-electron chi connectivity index (χ0n) is 8.16. The zero-order valence-corrected chi connectivity index (χ0v) is 8.16. The van der Waals surface area contributed by atoms with Gasteiger partial charge < -0.3 is 4.57 Å². The third-order valence-electron chi connectivity index (χ3n) is 2.06. The molecule has 4 heteroatoms. The second-order valence-corrected chi connectivity index (χ2v) is 3.12. The van der Waals surface area contributed by atoms with E-state index in [1.165, 1.54) is 19.3 Å². The molecule has 0 amide bonds. The Morgan fingerprint density at radius 2 is 2.38 bits per heavy atom. The number of nitrogens with one attached hydrogen (secondary N) is 1. The molecule has 74 valence electrons. The lowest BCUT2D eigenvalue weighted by atomic mass is 10.2. The maximum Gasteiger partial charge on any atom is 0.124 e. The van der Waals surface area contributed by atoms with Crippen LogP contribution in [0, 0.1) is 0 Å². The van der Waals surface area contributed by atoms with E-state index >= 15 is 0 Å². The molecule has 1 rings (SSSR count). The van der Waals surface area contributed by atoms with Crippen LogP contribution in [-0.2, 0) is 13.1 Å². The number of aryl methyl sites for hydroxylation is 1. The predicted octanol–water partition coefficient (Wildman–Crippen LogP) is 1.04. The Balaban J connectivity index is 2.40. The average molecular weight is 182 g/mol. The molecule has 1 aromatic rings. The van der Waals surface area contributed by atoms with Crippen molar-refractivity contribution < 1.29 is 0 Å². The summed E-state index contributed by atoms with van der Waals surface area (Å²) >= 11 is 0. The lowest BCUT2D eigenvalue weighted by Crippen LogP contribution is -2.23. The topological polar surface area (TPSA) is 55.9 Å². The van der Waals surface area contributed by atoms with Crippen molar-refractivity contribution in [2.45, 2.75) is 39.3 Å². The van der Waals surface area contributed by atoms with Gasteiger partial charge in [0.05, 0.1) is 6.54 Å². The molecule has 0 spiro atoms. The number of imidazole rings is 1. The Morgan fingerprint density at radius 1 is 1.54 bits per heavy atom. The van der Waals surface area contributed by atoms with Gasteiger partial charge in [0.1, 0.15) is 5.82 Å². The molecule has 0 saturated carbocycles. The molecule has 0 saturated heterocycles. The summed E-state index contributed by atoms with van der Waals surface area (Å²) in [6.07, 6.45) is 7.55. The number of nitrogens with zero attached hydrogens (tertiary/aromatic N) is 2. The normalized spacial score (nSPS) is 10.6. The summed E-state index contributed by atoms with van der Waals surface area (Å²) in [5.41, 5.74) is 2.62. The Hall–Kier alpha value is -0.870. The third-order valence-corrected chi connectivity index (χ3v) is 2.06. The Morgan fingerprint density at radius 3 is 3.08 bits per heavy atom. The summed E-state index contributed by atoms with van der Waals surface area (Å²) in [4.78, 5) is 4.21. The standard InChI is InChI=1S/C9H18N4/c1-2-3-4-6-13-7-5-11-9(13)8-12-10/h5,7,12H,2-4,6,8,10H2,1H3. The van der Waals surface area contributed by atoms with E-state index in [0.29, 0.717) is 6.54 Å². The minimum absolute atomic E-state index is 0.638. The highest BCUT2D eigenvalue weighted by molar-refractivity contribution is 4.91. The first-order valence-electron chi connectivity index (χ1n) is 4.82. The molecule has 1 heterocycles. The van der Waals surface area contributed by atoms with Crippen molar-refractivity contribution in [3.05, 3.63) is 18.2 Å². The molecule has 13 heavy (non-hydrogen) atoms. The lowest BCUT2D eigenvalue weighted by Gasteiger charge is -2.06. The van der Waals surface area contributed by atoms with Gasteiger partial charge in [0.25, 0.3) is 0 Å². The minimum atomic E-state index is 0.638. The van der Waals surface area contributed by atoms with E-state index in [9.17, 15) is 0 Å². The number of rotatable bonds is 6. The van der Waals surface area contributed by atoms with Crippen LogP contribution in [0.3, 0.4) is 0 Å². The number of aromatic nitrogens is 2. The van der Waals surface area contributed by atoms with Crippen molar-refractivity contribution in [2.75, 3.05) is 0 Å². The summed E-state index contributed by atoms with van der Waals surface area (Å²) in [6.45, 7) is 3.89. The van der Waals surface area contributed by atoms with Gasteiger partial charge in [0.2, 0.25) is 0 Å². The van der Waals surface area contributed by atoms with E-state index < -0.39 is 0 Å². The number of unbranched alkanes of at least 4 members (excludes halogenated alkanes) is 2. The molecule has 0 unspecified atom stereocenters. The van der Waals surface area contributed by atoms with Crippen LogP contribution in [0.2, 0.25) is 0 Å². The third kappa shape index (κ3) is 3.16. The molecule has 0 radical (unpaired) electrons. The van der Waals surface area contributed by atoms with Crippen molar-refractivity contribution in [3.8, 4) is 0 Å². The van der Waals surface area contributed by atoms with Gasteiger partial charge in [0.15, 0.2) is 0 Å². The maximum absolute atomic E-state index is 5.24. The fourth-order valence-electron chi connectivity index (χ4n) is 1.33. The Kier molecular flexibility index (Phi) is 4.49. The highest BCUT2D eigenvalue weighted by atomic mass is 15.2. The average Bonchev–Trinajstić information content (AvgIpc) is 2.54. The van der Waals surface area contributed by atoms with E-state index in [4.69, 9.17) is 5.84 Å². The maximum atomic E-state index is 5.24. The van der Waals surface area contributed by atoms with Crippen LogP contribution in [-0.4, -0.2) is 9.55 Å². The summed E-state index contributed by atoms with van der Waals surface area (Å²) in [5, 5.41) is 0. The van der Waals surface area contributed by atoms with Crippen LogP contribution in [0.25, 0.3) is 0 Å². The molecule has 3 N–H and O–H groups in total. The first-order valence-corrected chi connectivity index (χ1v) is 4.82. The van der Waals surface area contributed by atoms with E-state index in [0.717, 1.165) is 12.4 Å². The van der Waals surface area contributed by atoms with Crippen molar-refractivity contribution in [2.24, 2.45) is 5.84 Å². The summed E-state index contributed by atoms with van der Waals surface area (Å²) in [5.74, 6) is 6.25. The van der Waals surface area contributed by atoms with E-state index in [-0.39, 0.29) is 0 Å². The fraction of sp³-hybridized carbons (Fsp3) is 0.667. The number of hydrogen-bond acceptors (Lipinski definition) is 3. The number of hydrogen-bond donors (Lipinski definition) is 2. The van der Waals surface area contributed by atoms with Gasteiger partial charge in [-0.3, -0.25) is 11.3 Å². The molecule has 0 aliphatic heterocycles. The number of hydrazine groups is 1. The summed E-state index contributed by atoms with van der Waals surface area (Å²) < 4.78 is 2.15. The van der Waals surface area contributed by atoms with Gasteiger partial charge in [0, 0.05) is 18.9 Å². The smallest absolute Gasteiger partial charge is 0.124 e. The Labute approximate surface area is 79.1 Å². The molecule has 0 aromatic carbocycles. The molecule has 0 bridgehead atoms. The van der Waals surface area contributed by atoms with E-state index in [2.05, 4.69) is 21.9 Å². The Bertz CT molecular complexity index is 231. The molecule has 0 fully saturated rings. The quantitative estimate of drug-likeness (QED) is 0.392. The molecular formula is C9H18N4. The van der Waals surface area contributed by atoms with E-state index in [1.54, 1.807) is 0 Å². The van der Waals surface area contributed by atoms with E-state index in [1.807, 2.05) is 12.4 Å². The molecule has 0 atom stereocenters. The van der Waals surface area contributed by atoms with Crippen molar-refractivity contribution >= 4 is 0 Å². The molecule has 4 nitrogen and oxygen atoms in total. The fourth-order valence-corrected chi connectivity index (χ4v) is 1.33. The summed E-state index contributed by atoms with van der Waals surface area (Å²) in [6, 6.07) is 0. The monoisotopic (exact) mass is 182 g/mol. The van der Waals surface area contributed by atoms with Crippen LogP contribution in [0.15, 0.2) is 12.4 Å². The minimum Gasteiger partial charge on any atom is -0.334 e. The molecule has 0 aliphatic carbocycles. The van der Waals surface area contributed by atoms with Crippen molar-refractivity contribution in [3.63, 3.8) is 0 Å². The predicted molar refractivity (Wildman–Crippen MR) is 52.8 cm³/mol. The van der Waals surface area contributed by atoms with Crippen LogP contribution in [0.1, 0.15) is 32.0 Å². The SMILES string of the molecule is CCCCCn1ccnc1CNN. The van der Waals surface area contributed by atoms with Crippen LogP contribution >= 0.6 is 0 Å². The first-order chi connectivity index (χ1) is 6.38. The molecule has 1 aromatic heterocycles. The van der Waals surface area contributed by atoms with Gasteiger partial charge in [-0.05, 0) is 6.42 Å². The van der Waals surface area contributed by atoms with Crippen LogP contribution in [0.4, 0.5) is 0 Å². The summed E-state index contributed by atoms with van der Waals surface area (Å²) in [7, 11) is 0. The van der Waals surface area contributed by atoms with Gasteiger partial charge in [-0.1, -0.05) is 19.8 Å². The van der Waals surface area contributed by atoms with Gasteiger partial charge >= 0.3 is 0 Å². The molecular weight excluding hydrogens is 164 g/mol. The van der Waals surface area contributed by atoms with Gasteiger partial charge in [-0.25, -0.2) is 4.98 Å². The largest absolute Gasteiger partial charge is 0.334 e. The van der Waals surface area contributed by atoms with Gasteiger partial charge in [-0.2, -0.15) is 0 Å². The first kappa shape index (κ1) is 10.2.